The van der Waals surface area contributed by atoms with Gasteiger partial charge >= 0.3 is 0 Å². The largest absolute Gasteiger partial charge is 0.508 e. The van der Waals surface area contributed by atoms with E-state index in [9.17, 15) is 9.90 Å². The van der Waals surface area contributed by atoms with Crippen molar-refractivity contribution in [2.24, 2.45) is 0 Å². The summed E-state index contributed by atoms with van der Waals surface area (Å²) in [5, 5.41) is 10.4. The van der Waals surface area contributed by atoms with Gasteiger partial charge in [0.25, 0.3) is 0 Å². The number of hydrogen-bond donors (Lipinski definition) is 2. The molecular formula is C18H13NO4. The maximum Gasteiger partial charge on any atom is 0.231 e. The number of ketones is 1. The number of hydrogen-bond acceptors (Lipinski definition) is 4. The van der Waals surface area contributed by atoms with E-state index < -0.39 is 0 Å². The Morgan fingerprint density at radius 2 is 2.09 bits per heavy atom. The van der Waals surface area contributed by atoms with Crippen LogP contribution < -0.4 is 9.47 Å². The number of methoxy groups -OCH3 is 1. The molecule has 0 unspecified atom stereocenters. The number of aromatic nitrogens is 1. The van der Waals surface area contributed by atoms with Crippen LogP contribution in [0.1, 0.15) is 15.9 Å². The number of phenols is 1. The van der Waals surface area contributed by atoms with E-state index in [1.54, 1.807) is 19.3 Å². The molecule has 0 amide bonds. The molecule has 0 spiro atoms. The third-order valence-corrected chi connectivity index (χ3v) is 3.86. The number of carbonyl (C=O) groups excluding carboxylic acids is 1. The van der Waals surface area contributed by atoms with Crippen LogP contribution in [0.4, 0.5) is 0 Å². The lowest BCUT2D eigenvalue weighted by molar-refractivity contribution is 0.101. The second-order valence-electron chi connectivity index (χ2n) is 5.28. The second kappa shape index (κ2) is 4.91. The molecule has 1 aliphatic heterocycles. The second-order valence-corrected chi connectivity index (χ2v) is 5.28. The number of Topliss-reactive ketones (excluding diaryl/α,β-unsaturated/α-hetero) is 1. The minimum atomic E-state index is -0.197. The number of rotatable bonds is 2. The molecule has 5 heteroatoms. The topological polar surface area (TPSA) is 71.6 Å². The van der Waals surface area contributed by atoms with Gasteiger partial charge in [0.2, 0.25) is 5.78 Å². The Labute approximate surface area is 131 Å². The van der Waals surface area contributed by atoms with Crippen molar-refractivity contribution in [2.45, 2.75) is 0 Å². The summed E-state index contributed by atoms with van der Waals surface area (Å²) in [7, 11) is 1.61. The number of carbonyl (C=O) groups is 1. The summed E-state index contributed by atoms with van der Waals surface area (Å²) in [6.45, 7) is 0. The Hall–Kier alpha value is -3.21. The molecule has 4 rings (SSSR count). The molecule has 114 valence electrons. The van der Waals surface area contributed by atoms with Gasteiger partial charge in [-0.2, -0.15) is 0 Å². The van der Waals surface area contributed by atoms with Crippen LogP contribution in [0.3, 0.4) is 0 Å². The summed E-state index contributed by atoms with van der Waals surface area (Å²) in [6.07, 6.45) is 3.51. The normalized spacial score (nSPS) is 15.0. The number of benzene rings is 2. The molecule has 23 heavy (non-hydrogen) atoms. The average Bonchev–Trinajstić information content (AvgIpc) is 3.09. The number of fused-ring (bicyclic) bond motifs is 2. The number of aromatic hydroxyl groups is 1. The third kappa shape index (κ3) is 2.14. The highest BCUT2D eigenvalue weighted by atomic mass is 16.5. The van der Waals surface area contributed by atoms with E-state index in [1.807, 2.05) is 24.4 Å². The van der Waals surface area contributed by atoms with Crippen LogP contribution in [0.5, 0.6) is 17.2 Å². The Morgan fingerprint density at radius 1 is 1.22 bits per heavy atom. The first-order chi connectivity index (χ1) is 11.2. The number of phenolic OH excluding ortho intramolecular Hbond substituents is 1. The smallest absolute Gasteiger partial charge is 0.231 e. The van der Waals surface area contributed by atoms with Gasteiger partial charge in [0.1, 0.15) is 17.2 Å². The van der Waals surface area contributed by atoms with E-state index in [-0.39, 0.29) is 17.3 Å². The first kappa shape index (κ1) is 13.5. The van der Waals surface area contributed by atoms with Gasteiger partial charge in [0.15, 0.2) is 5.76 Å². The summed E-state index contributed by atoms with van der Waals surface area (Å²) < 4.78 is 10.8. The predicted molar refractivity (Wildman–Crippen MR) is 85.9 cm³/mol. The molecule has 2 aromatic carbocycles. The quantitative estimate of drug-likeness (QED) is 0.711. The maximum atomic E-state index is 12.4. The molecule has 5 nitrogen and oxygen atoms in total. The average molecular weight is 307 g/mol. The van der Waals surface area contributed by atoms with Gasteiger partial charge in [-0.05, 0) is 36.4 Å². The molecule has 0 aliphatic carbocycles. The van der Waals surface area contributed by atoms with Gasteiger partial charge in [0.05, 0.1) is 12.7 Å². The Bertz CT molecular complexity index is 968. The lowest BCUT2D eigenvalue weighted by atomic mass is 10.1. The lowest BCUT2D eigenvalue weighted by Gasteiger charge is -2.00. The molecule has 2 N–H and O–H groups in total. The van der Waals surface area contributed by atoms with E-state index in [4.69, 9.17) is 9.47 Å². The van der Waals surface area contributed by atoms with E-state index in [0.29, 0.717) is 11.3 Å². The number of allylic oxidation sites excluding steroid dienone is 1. The van der Waals surface area contributed by atoms with Crippen molar-refractivity contribution in [3.63, 3.8) is 0 Å². The molecule has 0 saturated carbocycles. The van der Waals surface area contributed by atoms with Crippen molar-refractivity contribution in [3.05, 3.63) is 59.5 Å². The fourth-order valence-corrected chi connectivity index (χ4v) is 2.68. The molecule has 0 saturated heterocycles. The summed E-state index contributed by atoms with van der Waals surface area (Å²) in [5.41, 5.74) is 2.23. The van der Waals surface area contributed by atoms with Gasteiger partial charge in [-0.25, -0.2) is 0 Å². The Kier molecular flexibility index (Phi) is 2.87. The van der Waals surface area contributed by atoms with Gasteiger partial charge in [0, 0.05) is 28.7 Å². The monoisotopic (exact) mass is 307 g/mol. The minimum Gasteiger partial charge on any atom is -0.508 e. The first-order valence-corrected chi connectivity index (χ1v) is 7.08. The molecular weight excluding hydrogens is 294 g/mol. The molecule has 0 atom stereocenters. The predicted octanol–water partition coefficient (Wildman–Crippen LogP) is 3.50. The number of ether oxygens (including phenoxy) is 2. The zero-order valence-corrected chi connectivity index (χ0v) is 12.3. The van der Waals surface area contributed by atoms with Gasteiger partial charge in [-0.1, -0.05) is 0 Å². The van der Waals surface area contributed by atoms with E-state index in [0.717, 1.165) is 22.2 Å². The molecule has 0 radical (unpaired) electrons. The highest BCUT2D eigenvalue weighted by Crippen LogP contribution is 2.35. The molecule has 3 aromatic rings. The summed E-state index contributed by atoms with van der Waals surface area (Å²) in [4.78, 5) is 15.5. The van der Waals surface area contributed by atoms with Crippen LogP contribution >= 0.6 is 0 Å². The van der Waals surface area contributed by atoms with Crippen LogP contribution in [0.15, 0.2) is 48.4 Å². The van der Waals surface area contributed by atoms with Crippen LogP contribution in [0, 0.1) is 0 Å². The van der Waals surface area contributed by atoms with Crippen LogP contribution in [0.2, 0.25) is 0 Å². The van der Waals surface area contributed by atoms with E-state index in [1.165, 1.54) is 12.1 Å². The van der Waals surface area contributed by atoms with Gasteiger partial charge in [-0.3, -0.25) is 4.79 Å². The fourth-order valence-electron chi connectivity index (χ4n) is 2.68. The van der Waals surface area contributed by atoms with Crippen molar-refractivity contribution in [2.75, 3.05) is 7.11 Å². The van der Waals surface area contributed by atoms with Crippen molar-refractivity contribution in [1.29, 1.82) is 0 Å². The third-order valence-electron chi connectivity index (χ3n) is 3.86. The van der Waals surface area contributed by atoms with Gasteiger partial charge < -0.3 is 19.6 Å². The first-order valence-electron chi connectivity index (χ1n) is 7.08. The lowest BCUT2D eigenvalue weighted by Crippen LogP contribution is -1.97. The standard InChI is InChI=1S/C18H13NO4/c1-22-12-3-5-15-14(8-12)10(9-19-15)6-17-18(21)13-4-2-11(20)7-16(13)23-17/h2-9,19-20H,1H3. The highest BCUT2D eigenvalue weighted by molar-refractivity contribution is 6.15. The number of H-pyrrole nitrogens is 1. The van der Waals surface area contributed by atoms with Crippen molar-refractivity contribution < 1.29 is 19.4 Å². The van der Waals surface area contributed by atoms with Crippen molar-refractivity contribution in [1.82, 2.24) is 4.98 Å². The van der Waals surface area contributed by atoms with Crippen LogP contribution in [-0.4, -0.2) is 23.0 Å². The zero-order chi connectivity index (χ0) is 16.0. The maximum absolute atomic E-state index is 12.4. The van der Waals surface area contributed by atoms with Gasteiger partial charge in [-0.15, -0.1) is 0 Å². The number of nitrogens with one attached hydrogen (secondary N) is 1. The van der Waals surface area contributed by atoms with Crippen molar-refractivity contribution >= 4 is 22.8 Å². The molecule has 0 fully saturated rings. The van der Waals surface area contributed by atoms with Crippen LogP contribution in [0.25, 0.3) is 17.0 Å². The SMILES string of the molecule is COc1ccc2[nH]cc(C=C3Oc4cc(O)ccc4C3=O)c2c1. The highest BCUT2D eigenvalue weighted by Gasteiger charge is 2.27. The summed E-state index contributed by atoms with van der Waals surface area (Å²) in [6, 6.07) is 10.2. The van der Waals surface area contributed by atoms with Crippen molar-refractivity contribution in [3.8, 4) is 17.2 Å². The Morgan fingerprint density at radius 3 is 2.91 bits per heavy atom. The number of aromatic amines is 1. The fraction of sp³-hybridized carbons (Fsp3) is 0.0556. The minimum absolute atomic E-state index is 0.0645. The molecule has 1 aliphatic rings. The zero-order valence-electron chi connectivity index (χ0n) is 12.3. The molecule has 1 aromatic heterocycles. The summed E-state index contributed by atoms with van der Waals surface area (Å²) in [5.74, 6) is 1.21. The van der Waals surface area contributed by atoms with E-state index in [2.05, 4.69) is 4.98 Å². The molecule has 0 bridgehead atoms. The molecule has 2 heterocycles. The Balaban J connectivity index is 1.78. The summed E-state index contributed by atoms with van der Waals surface area (Å²) >= 11 is 0. The van der Waals surface area contributed by atoms with E-state index >= 15 is 0 Å². The van der Waals surface area contributed by atoms with Crippen LogP contribution in [-0.2, 0) is 0 Å².